The lowest BCUT2D eigenvalue weighted by molar-refractivity contribution is 0.229. The highest BCUT2D eigenvalue weighted by Gasteiger charge is 2.18. The second-order valence-corrected chi connectivity index (χ2v) is 4.98. The van der Waals surface area contributed by atoms with Crippen LogP contribution in [0.3, 0.4) is 0 Å². The van der Waals surface area contributed by atoms with Gasteiger partial charge < -0.3 is 9.05 Å². The van der Waals surface area contributed by atoms with E-state index in [9.17, 15) is 4.57 Å². The van der Waals surface area contributed by atoms with Crippen LogP contribution in [0.2, 0.25) is 0 Å². The average Bonchev–Trinajstić information content (AvgIpc) is 2.02. The fourth-order valence-corrected chi connectivity index (χ4v) is 2.32. The number of rotatable bonds is 6. The number of allylic oxidation sites excluding steroid dienone is 1. The molecule has 3 nitrogen and oxygen atoms in total. The van der Waals surface area contributed by atoms with E-state index in [1.54, 1.807) is 26.8 Å². The molecule has 13 heavy (non-hydrogen) atoms. The molecule has 1 unspecified atom stereocenters. The van der Waals surface area contributed by atoms with Crippen LogP contribution >= 0.6 is 19.2 Å². The molecular weight excluding hydrogens is 211 g/mol. The van der Waals surface area contributed by atoms with E-state index < -0.39 is 7.60 Å². The summed E-state index contributed by atoms with van der Waals surface area (Å²) in [4.78, 5) is 0. The van der Waals surface area contributed by atoms with Crippen LogP contribution in [0.1, 0.15) is 20.8 Å². The Morgan fingerprint density at radius 1 is 1.38 bits per heavy atom. The predicted molar refractivity (Wildman–Crippen MR) is 55.3 cm³/mol. The molecular formula is C8H16ClO3P. The average molecular weight is 227 g/mol. The molecule has 0 saturated carbocycles. The van der Waals surface area contributed by atoms with Crippen molar-refractivity contribution >= 4 is 19.2 Å². The van der Waals surface area contributed by atoms with Gasteiger partial charge in [-0.25, -0.2) is 0 Å². The van der Waals surface area contributed by atoms with E-state index in [-0.39, 0.29) is 5.38 Å². The second kappa shape index (κ2) is 6.61. The lowest BCUT2D eigenvalue weighted by Crippen LogP contribution is -1.93. The first-order valence-electron chi connectivity index (χ1n) is 4.26. The van der Waals surface area contributed by atoms with E-state index >= 15 is 0 Å². The molecule has 0 aromatic rings. The largest absolute Gasteiger partial charge is 0.353 e. The van der Waals surface area contributed by atoms with Gasteiger partial charge in [-0.05, 0) is 20.8 Å². The van der Waals surface area contributed by atoms with Gasteiger partial charge in [-0.15, -0.1) is 11.6 Å². The SMILES string of the molecule is CCOP(=O)(/C=C/C(C)Cl)OCC. The fourth-order valence-electron chi connectivity index (χ4n) is 0.707. The molecule has 0 N–H and O–H groups in total. The van der Waals surface area contributed by atoms with Crippen LogP contribution < -0.4 is 0 Å². The number of hydrogen-bond acceptors (Lipinski definition) is 3. The summed E-state index contributed by atoms with van der Waals surface area (Å²) >= 11 is 5.67. The van der Waals surface area contributed by atoms with Crippen molar-refractivity contribution in [3.8, 4) is 0 Å². The number of alkyl halides is 1. The van der Waals surface area contributed by atoms with Gasteiger partial charge in [0.1, 0.15) is 0 Å². The van der Waals surface area contributed by atoms with Gasteiger partial charge in [0.2, 0.25) is 0 Å². The highest BCUT2D eigenvalue weighted by molar-refractivity contribution is 7.57. The molecule has 0 spiro atoms. The fraction of sp³-hybridized carbons (Fsp3) is 0.750. The highest BCUT2D eigenvalue weighted by atomic mass is 35.5. The number of hydrogen-bond donors (Lipinski definition) is 0. The maximum atomic E-state index is 11.7. The van der Waals surface area contributed by atoms with E-state index in [4.69, 9.17) is 20.6 Å². The van der Waals surface area contributed by atoms with Gasteiger partial charge in [-0.2, -0.15) is 0 Å². The Hall–Kier alpha value is 0.180. The Bertz CT molecular complexity index is 194. The summed E-state index contributed by atoms with van der Waals surface area (Å²) in [5.41, 5.74) is 0. The maximum absolute atomic E-state index is 11.7. The third kappa shape index (κ3) is 6.28. The summed E-state index contributed by atoms with van der Waals surface area (Å²) in [5, 5.41) is -0.172. The molecule has 78 valence electrons. The molecule has 0 saturated heterocycles. The minimum absolute atomic E-state index is 0.172. The van der Waals surface area contributed by atoms with E-state index in [0.29, 0.717) is 13.2 Å². The molecule has 0 aliphatic heterocycles. The Balaban J connectivity index is 4.31. The van der Waals surface area contributed by atoms with Crippen LogP contribution in [0, 0.1) is 0 Å². The molecule has 1 atom stereocenters. The van der Waals surface area contributed by atoms with Crippen molar-refractivity contribution < 1.29 is 13.6 Å². The Labute approximate surface area is 84.6 Å². The smallest absolute Gasteiger partial charge is 0.306 e. The van der Waals surface area contributed by atoms with E-state index in [1.807, 2.05) is 0 Å². The van der Waals surface area contributed by atoms with Crippen molar-refractivity contribution in [1.82, 2.24) is 0 Å². The molecule has 0 aromatic carbocycles. The van der Waals surface area contributed by atoms with Crippen LogP contribution in [-0.2, 0) is 13.6 Å². The number of halogens is 1. The Morgan fingerprint density at radius 2 is 1.85 bits per heavy atom. The van der Waals surface area contributed by atoms with Gasteiger partial charge in [-0.1, -0.05) is 6.08 Å². The first-order valence-corrected chi connectivity index (χ1v) is 6.31. The predicted octanol–water partition coefficient (Wildman–Crippen LogP) is 3.39. The molecule has 0 bridgehead atoms. The van der Waals surface area contributed by atoms with Gasteiger partial charge in [-0.3, -0.25) is 4.57 Å². The van der Waals surface area contributed by atoms with Crippen LogP contribution in [0.15, 0.2) is 11.9 Å². The zero-order chi connectivity index (χ0) is 10.3. The van der Waals surface area contributed by atoms with Crippen molar-refractivity contribution in [2.75, 3.05) is 13.2 Å². The lowest BCUT2D eigenvalue weighted by Gasteiger charge is -2.12. The third-order valence-electron chi connectivity index (χ3n) is 1.15. The summed E-state index contributed by atoms with van der Waals surface area (Å²) < 4.78 is 21.7. The van der Waals surface area contributed by atoms with Gasteiger partial charge in [0, 0.05) is 11.2 Å². The van der Waals surface area contributed by atoms with Crippen molar-refractivity contribution in [2.24, 2.45) is 0 Å². The van der Waals surface area contributed by atoms with Gasteiger partial charge in [0.05, 0.1) is 13.2 Å². The molecule has 0 rings (SSSR count). The first-order chi connectivity index (χ1) is 6.04. The zero-order valence-electron chi connectivity index (χ0n) is 8.20. The topological polar surface area (TPSA) is 35.5 Å². The van der Waals surface area contributed by atoms with Crippen LogP contribution in [0.5, 0.6) is 0 Å². The quantitative estimate of drug-likeness (QED) is 0.514. The molecule has 0 heterocycles. The highest BCUT2D eigenvalue weighted by Crippen LogP contribution is 2.49. The third-order valence-corrected chi connectivity index (χ3v) is 3.07. The second-order valence-electron chi connectivity index (χ2n) is 2.39. The lowest BCUT2D eigenvalue weighted by atomic mass is 10.5. The normalized spacial score (nSPS) is 15.1. The molecule has 0 aliphatic carbocycles. The Morgan fingerprint density at radius 3 is 2.15 bits per heavy atom. The van der Waals surface area contributed by atoms with Crippen LogP contribution in [-0.4, -0.2) is 18.6 Å². The van der Waals surface area contributed by atoms with Crippen molar-refractivity contribution in [3.05, 3.63) is 11.9 Å². The van der Waals surface area contributed by atoms with E-state index in [1.165, 1.54) is 5.82 Å². The monoisotopic (exact) mass is 226 g/mol. The summed E-state index contributed by atoms with van der Waals surface area (Å²) in [6, 6.07) is 0. The van der Waals surface area contributed by atoms with Crippen molar-refractivity contribution in [3.63, 3.8) is 0 Å². The minimum atomic E-state index is -3.04. The molecule has 0 fully saturated rings. The van der Waals surface area contributed by atoms with Gasteiger partial charge in [0.25, 0.3) is 0 Å². The summed E-state index contributed by atoms with van der Waals surface area (Å²) in [7, 11) is -3.04. The zero-order valence-corrected chi connectivity index (χ0v) is 9.85. The van der Waals surface area contributed by atoms with Gasteiger partial charge in [0.15, 0.2) is 0 Å². The van der Waals surface area contributed by atoms with E-state index in [0.717, 1.165) is 0 Å². The van der Waals surface area contributed by atoms with Crippen molar-refractivity contribution in [1.29, 1.82) is 0 Å². The molecule has 0 aliphatic rings. The Kier molecular flexibility index (Phi) is 6.70. The summed E-state index contributed by atoms with van der Waals surface area (Å²) in [5.74, 6) is 1.41. The van der Waals surface area contributed by atoms with E-state index in [2.05, 4.69) is 0 Å². The minimum Gasteiger partial charge on any atom is -0.306 e. The maximum Gasteiger partial charge on any atom is 0.353 e. The summed E-state index contributed by atoms with van der Waals surface area (Å²) in [6.07, 6.45) is 1.60. The summed E-state index contributed by atoms with van der Waals surface area (Å²) in [6.45, 7) is 6.03. The molecule has 5 heteroatoms. The van der Waals surface area contributed by atoms with Crippen molar-refractivity contribution in [2.45, 2.75) is 26.1 Å². The van der Waals surface area contributed by atoms with Gasteiger partial charge >= 0.3 is 7.60 Å². The molecule has 0 amide bonds. The molecule has 0 aromatic heterocycles. The van der Waals surface area contributed by atoms with Crippen LogP contribution in [0.25, 0.3) is 0 Å². The van der Waals surface area contributed by atoms with Crippen LogP contribution in [0.4, 0.5) is 0 Å². The standard InChI is InChI=1S/C8H16ClO3P/c1-4-11-13(10,12-5-2)7-6-8(3)9/h6-8H,4-5H2,1-3H3/b7-6+. The first kappa shape index (κ1) is 13.2. The molecule has 0 radical (unpaired) electrons.